The number of carbonyl (C=O) groups is 1. The first-order chi connectivity index (χ1) is 9.79. The number of benzene rings is 1. The Kier molecular flexibility index (Phi) is 7.44. The van der Waals surface area contributed by atoms with E-state index in [-0.39, 0.29) is 0 Å². The molecule has 0 fully saturated rings. The van der Waals surface area contributed by atoms with Gasteiger partial charge in [0.05, 0.1) is 0 Å². The van der Waals surface area contributed by atoms with Gasteiger partial charge in [0.25, 0.3) is 0 Å². The van der Waals surface area contributed by atoms with Crippen LogP contribution in [0.3, 0.4) is 0 Å². The summed E-state index contributed by atoms with van der Waals surface area (Å²) in [7, 11) is 0. The molecule has 1 aliphatic rings. The van der Waals surface area contributed by atoms with Crippen molar-refractivity contribution in [3.8, 4) is 0 Å². The first-order valence-electron chi connectivity index (χ1n) is 6.50. The molecule has 0 aliphatic heterocycles. The fourth-order valence-electron chi connectivity index (χ4n) is 1.85. The first-order valence-corrected chi connectivity index (χ1v) is 7.49. The summed E-state index contributed by atoms with van der Waals surface area (Å²) >= 11 is 1.77. The van der Waals surface area contributed by atoms with E-state index in [0.717, 1.165) is 35.4 Å². The lowest BCUT2D eigenvalue weighted by atomic mass is 10.2. The van der Waals surface area contributed by atoms with Crippen molar-refractivity contribution >= 4 is 18.0 Å². The predicted octanol–water partition coefficient (Wildman–Crippen LogP) is 4.73. The highest BCUT2D eigenvalue weighted by atomic mass is 32.2. The number of thioether (sulfide) groups is 1. The maximum atomic E-state index is 10.6. The molecule has 0 unspecified atom stereocenters. The van der Waals surface area contributed by atoms with Crippen molar-refractivity contribution in [2.75, 3.05) is 5.75 Å². The zero-order valence-corrected chi connectivity index (χ0v) is 12.5. The molecule has 2 heteroatoms. The summed E-state index contributed by atoms with van der Waals surface area (Å²) in [6, 6.07) is 10.4. The van der Waals surface area contributed by atoms with E-state index in [9.17, 15) is 4.79 Å². The molecular weight excluding hydrogens is 264 g/mol. The average Bonchev–Trinajstić information content (AvgIpc) is 2.99. The van der Waals surface area contributed by atoms with Crippen molar-refractivity contribution < 1.29 is 4.79 Å². The number of carbonyl (C=O) groups excluding carboxylic acids is 1. The van der Waals surface area contributed by atoms with Gasteiger partial charge in [0.15, 0.2) is 0 Å². The smallest absolute Gasteiger partial charge is 0.146 e. The monoisotopic (exact) mass is 284 g/mol. The largest absolute Gasteiger partial charge is 0.298 e. The summed E-state index contributed by atoms with van der Waals surface area (Å²) in [5.41, 5.74) is 3.37. The van der Waals surface area contributed by atoms with E-state index in [1.807, 2.05) is 18.2 Å². The molecule has 0 atom stereocenters. The van der Waals surface area contributed by atoms with Gasteiger partial charge in [-0.05, 0) is 23.1 Å². The molecule has 0 aromatic heterocycles. The summed E-state index contributed by atoms with van der Waals surface area (Å²) < 4.78 is 0. The summed E-state index contributed by atoms with van der Waals surface area (Å²) in [5.74, 6) is 1.02. The SMILES string of the molecule is C=C.C=C(SCCc1ccccc1)C1=CC=C(C=O)C1. The minimum absolute atomic E-state index is 0.737. The molecule has 0 amide bonds. The van der Waals surface area contributed by atoms with Crippen LogP contribution in [0.15, 0.2) is 78.3 Å². The minimum Gasteiger partial charge on any atom is -0.298 e. The van der Waals surface area contributed by atoms with Crippen LogP contribution in [0, 0.1) is 0 Å². The molecule has 0 radical (unpaired) electrons. The van der Waals surface area contributed by atoms with E-state index in [2.05, 4.69) is 44.0 Å². The molecule has 1 aromatic rings. The van der Waals surface area contributed by atoms with Crippen molar-refractivity contribution in [3.05, 3.63) is 83.8 Å². The van der Waals surface area contributed by atoms with E-state index in [1.54, 1.807) is 11.8 Å². The number of hydrogen-bond acceptors (Lipinski definition) is 2. The summed E-state index contributed by atoms with van der Waals surface area (Å²) in [5, 5.41) is 0. The molecule has 0 saturated heterocycles. The van der Waals surface area contributed by atoms with Crippen LogP contribution in [0.1, 0.15) is 12.0 Å². The third-order valence-electron chi connectivity index (χ3n) is 2.91. The zero-order chi connectivity index (χ0) is 14.8. The summed E-state index contributed by atoms with van der Waals surface area (Å²) in [4.78, 5) is 11.7. The maximum Gasteiger partial charge on any atom is 0.146 e. The van der Waals surface area contributed by atoms with Gasteiger partial charge in [0, 0.05) is 17.1 Å². The molecule has 0 spiro atoms. The Morgan fingerprint density at radius 2 is 1.90 bits per heavy atom. The van der Waals surface area contributed by atoms with Gasteiger partial charge in [-0.25, -0.2) is 0 Å². The van der Waals surface area contributed by atoms with Crippen molar-refractivity contribution in [2.45, 2.75) is 12.8 Å². The highest BCUT2D eigenvalue weighted by molar-refractivity contribution is 8.03. The van der Waals surface area contributed by atoms with Crippen LogP contribution in [0.25, 0.3) is 0 Å². The third kappa shape index (κ3) is 5.06. The van der Waals surface area contributed by atoms with Crippen LogP contribution in [-0.4, -0.2) is 12.0 Å². The highest BCUT2D eigenvalue weighted by Crippen LogP contribution is 2.30. The van der Waals surface area contributed by atoms with E-state index < -0.39 is 0 Å². The van der Waals surface area contributed by atoms with Crippen molar-refractivity contribution in [1.82, 2.24) is 0 Å². The van der Waals surface area contributed by atoms with E-state index in [0.29, 0.717) is 0 Å². The van der Waals surface area contributed by atoms with Gasteiger partial charge in [-0.15, -0.1) is 24.9 Å². The van der Waals surface area contributed by atoms with Gasteiger partial charge >= 0.3 is 0 Å². The lowest BCUT2D eigenvalue weighted by molar-refractivity contribution is -0.104. The Morgan fingerprint density at radius 1 is 1.20 bits per heavy atom. The molecule has 104 valence electrons. The lowest BCUT2D eigenvalue weighted by Crippen LogP contribution is -1.90. The van der Waals surface area contributed by atoms with Crippen LogP contribution in [-0.2, 0) is 11.2 Å². The number of aldehydes is 1. The van der Waals surface area contributed by atoms with Gasteiger partial charge in [-0.1, -0.05) is 49.1 Å². The minimum atomic E-state index is 0.737. The number of allylic oxidation sites excluding steroid dienone is 4. The standard InChI is InChI=1S/C16H16OS.C2H4/c1-13(16-8-7-15(11-16)12-17)18-10-9-14-5-3-2-4-6-14;1-2/h2-8,12H,1,9-11H2;1-2H2. The average molecular weight is 284 g/mol. The van der Waals surface area contributed by atoms with Gasteiger partial charge < -0.3 is 0 Å². The molecule has 1 aliphatic carbocycles. The molecule has 0 bridgehead atoms. The summed E-state index contributed by atoms with van der Waals surface area (Å²) in [6.45, 7) is 10.1. The van der Waals surface area contributed by atoms with Gasteiger partial charge in [-0.2, -0.15) is 0 Å². The fraction of sp³-hybridized carbons (Fsp3) is 0.167. The van der Waals surface area contributed by atoms with Gasteiger partial charge in [-0.3, -0.25) is 4.79 Å². The topological polar surface area (TPSA) is 17.1 Å². The molecule has 20 heavy (non-hydrogen) atoms. The highest BCUT2D eigenvalue weighted by Gasteiger charge is 2.10. The molecule has 0 saturated carbocycles. The second kappa shape index (κ2) is 9.16. The second-order valence-corrected chi connectivity index (χ2v) is 5.43. The van der Waals surface area contributed by atoms with Gasteiger partial charge in [0.1, 0.15) is 6.29 Å². The number of rotatable bonds is 6. The number of hydrogen-bond donors (Lipinski definition) is 0. The maximum absolute atomic E-state index is 10.6. The first kappa shape index (κ1) is 16.3. The van der Waals surface area contributed by atoms with E-state index in [4.69, 9.17) is 0 Å². The van der Waals surface area contributed by atoms with E-state index >= 15 is 0 Å². The van der Waals surface area contributed by atoms with Crippen LogP contribution in [0.4, 0.5) is 0 Å². The van der Waals surface area contributed by atoms with Crippen molar-refractivity contribution in [1.29, 1.82) is 0 Å². The van der Waals surface area contributed by atoms with E-state index in [1.165, 1.54) is 11.1 Å². The predicted molar refractivity (Wildman–Crippen MR) is 89.8 cm³/mol. The zero-order valence-electron chi connectivity index (χ0n) is 11.7. The van der Waals surface area contributed by atoms with Gasteiger partial charge in [0.2, 0.25) is 0 Å². The Morgan fingerprint density at radius 3 is 2.50 bits per heavy atom. The Balaban J connectivity index is 0.000000956. The van der Waals surface area contributed by atoms with Crippen LogP contribution >= 0.6 is 11.8 Å². The third-order valence-corrected chi connectivity index (χ3v) is 3.93. The fourth-order valence-corrected chi connectivity index (χ4v) is 2.76. The Hall–Kier alpha value is -1.80. The molecular formula is C18H20OS. The molecule has 1 nitrogen and oxygen atoms in total. The summed E-state index contributed by atoms with van der Waals surface area (Å²) in [6.07, 6.45) is 6.59. The molecule has 2 rings (SSSR count). The van der Waals surface area contributed by atoms with Crippen LogP contribution < -0.4 is 0 Å². The molecule has 1 aromatic carbocycles. The number of aryl methyl sites for hydroxylation is 1. The normalized spacial score (nSPS) is 12.8. The lowest BCUT2D eigenvalue weighted by Gasteiger charge is -2.07. The van der Waals surface area contributed by atoms with Crippen molar-refractivity contribution in [2.24, 2.45) is 0 Å². The molecule has 0 heterocycles. The quantitative estimate of drug-likeness (QED) is 0.554. The second-order valence-electron chi connectivity index (χ2n) is 4.24. The van der Waals surface area contributed by atoms with Crippen LogP contribution in [0.5, 0.6) is 0 Å². The molecule has 0 N–H and O–H groups in total. The Bertz CT molecular complexity index is 511. The van der Waals surface area contributed by atoms with Crippen LogP contribution in [0.2, 0.25) is 0 Å². The van der Waals surface area contributed by atoms with Crippen molar-refractivity contribution in [3.63, 3.8) is 0 Å². The Labute approximate surface area is 125 Å².